The largest absolute Gasteiger partial charge is 0.310 e. The van der Waals surface area contributed by atoms with E-state index in [1.165, 1.54) is 6.07 Å². The van der Waals surface area contributed by atoms with Crippen LogP contribution < -0.4 is 5.32 Å². The van der Waals surface area contributed by atoms with E-state index >= 15 is 0 Å². The predicted octanol–water partition coefficient (Wildman–Crippen LogP) is 4.68. The van der Waals surface area contributed by atoms with Crippen molar-refractivity contribution in [3.05, 3.63) is 70.0 Å². The lowest BCUT2D eigenvalue weighted by molar-refractivity contribution is 0.528. The van der Waals surface area contributed by atoms with Gasteiger partial charge in [0, 0.05) is 11.1 Å². The monoisotopic (exact) mass is 291 g/mol. The number of halogens is 2. The highest BCUT2D eigenvalue weighted by atomic mass is 35.5. The number of nitrogens with one attached hydrogen (secondary N) is 1. The number of hydrogen-bond acceptors (Lipinski definition) is 1. The van der Waals surface area contributed by atoms with Crippen LogP contribution in [0.15, 0.2) is 42.5 Å². The normalized spacial score (nSPS) is 12.4. The molecule has 0 bridgehead atoms. The van der Waals surface area contributed by atoms with Crippen molar-refractivity contribution in [3.8, 4) is 0 Å². The highest BCUT2D eigenvalue weighted by Gasteiger charge is 2.14. The lowest BCUT2D eigenvalue weighted by atomic mass is 9.97. The topological polar surface area (TPSA) is 12.0 Å². The van der Waals surface area contributed by atoms with Gasteiger partial charge in [0.1, 0.15) is 5.82 Å². The van der Waals surface area contributed by atoms with Gasteiger partial charge in [-0.25, -0.2) is 4.39 Å². The third-order valence-corrected chi connectivity index (χ3v) is 3.84. The molecule has 0 spiro atoms. The van der Waals surface area contributed by atoms with Crippen LogP contribution in [0, 0.1) is 12.7 Å². The molecule has 0 aliphatic rings. The Bertz CT molecular complexity index is 583. The molecule has 0 aromatic heterocycles. The maximum absolute atomic E-state index is 13.8. The first kappa shape index (κ1) is 15.0. The Morgan fingerprint density at radius 3 is 2.60 bits per heavy atom. The molecule has 106 valence electrons. The maximum atomic E-state index is 13.8. The molecule has 0 saturated carbocycles. The summed E-state index contributed by atoms with van der Waals surface area (Å²) in [6.07, 6.45) is 0.611. The van der Waals surface area contributed by atoms with E-state index in [0.717, 1.165) is 28.3 Å². The second kappa shape index (κ2) is 6.87. The van der Waals surface area contributed by atoms with Gasteiger partial charge in [0.15, 0.2) is 0 Å². The molecule has 0 fully saturated rings. The smallest absolute Gasteiger partial charge is 0.126 e. The highest BCUT2D eigenvalue weighted by molar-refractivity contribution is 6.31. The van der Waals surface area contributed by atoms with Crippen LogP contribution in [0.1, 0.15) is 29.7 Å². The fourth-order valence-electron chi connectivity index (χ4n) is 2.26. The van der Waals surface area contributed by atoms with Gasteiger partial charge in [-0.1, -0.05) is 48.9 Å². The summed E-state index contributed by atoms with van der Waals surface area (Å²) >= 11 is 6.19. The molecule has 0 aliphatic carbocycles. The molecule has 0 heterocycles. The summed E-state index contributed by atoms with van der Waals surface area (Å²) in [7, 11) is 0. The average molecular weight is 292 g/mol. The molecular weight excluding hydrogens is 273 g/mol. The first-order chi connectivity index (χ1) is 9.61. The maximum Gasteiger partial charge on any atom is 0.126 e. The third kappa shape index (κ3) is 3.59. The molecule has 2 aromatic rings. The van der Waals surface area contributed by atoms with Gasteiger partial charge in [0.05, 0.1) is 0 Å². The van der Waals surface area contributed by atoms with E-state index in [-0.39, 0.29) is 11.9 Å². The molecule has 0 radical (unpaired) electrons. The molecule has 1 unspecified atom stereocenters. The summed E-state index contributed by atoms with van der Waals surface area (Å²) in [6, 6.07) is 13.0. The van der Waals surface area contributed by atoms with Gasteiger partial charge in [0.25, 0.3) is 0 Å². The summed E-state index contributed by atoms with van der Waals surface area (Å²) in [5.74, 6) is -0.159. The Morgan fingerprint density at radius 2 is 1.95 bits per heavy atom. The van der Waals surface area contributed by atoms with Gasteiger partial charge in [0.2, 0.25) is 0 Å². The lowest BCUT2D eigenvalue weighted by Gasteiger charge is -2.19. The Morgan fingerprint density at radius 1 is 1.20 bits per heavy atom. The second-order valence-electron chi connectivity index (χ2n) is 4.91. The standard InChI is InChI=1S/C17H19ClFN/c1-3-20-17(11-13-6-4-5-7-16(13)19)14-9-8-12(2)15(18)10-14/h4-10,17,20H,3,11H2,1-2H3. The van der Waals surface area contributed by atoms with Crippen LogP contribution in [0.4, 0.5) is 4.39 Å². The van der Waals surface area contributed by atoms with E-state index in [0.29, 0.717) is 6.42 Å². The zero-order valence-corrected chi connectivity index (χ0v) is 12.5. The van der Waals surface area contributed by atoms with Gasteiger partial charge in [-0.3, -0.25) is 0 Å². The average Bonchev–Trinajstić information content (AvgIpc) is 2.44. The van der Waals surface area contributed by atoms with E-state index in [1.807, 2.05) is 38.1 Å². The molecule has 20 heavy (non-hydrogen) atoms. The second-order valence-corrected chi connectivity index (χ2v) is 5.32. The first-order valence-electron chi connectivity index (χ1n) is 6.84. The number of benzene rings is 2. The molecule has 1 N–H and O–H groups in total. The predicted molar refractivity (Wildman–Crippen MR) is 82.7 cm³/mol. The van der Waals surface area contributed by atoms with E-state index in [9.17, 15) is 4.39 Å². The molecule has 2 aromatic carbocycles. The Kier molecular flexibility index (Phi) is 5.16. The van der Waals surface area contributed by atoms with Crippen LogP contribution in [-0.4, -0.2) is 6.54 Å². The van der Waals surface area contributed by atoms with Crippen LogP contribution in [-0.2, 0) is 6.42 Å². The minimum Gasteiger partial charge on any atom is -0.310 e. The van der Waals surface area contributed by atoms with Crippen LogP contribution in [0.5, 0.6) is 0 Å². The molecule has 1 atom stereocenters. The van der Waals surface area contributed by atoms with Gasteiger partial charge in [-0.15, -0.1) is 0 Å². The van der Waals surface area contributed by atoms with Crippen LogP contribution >= 0.6 is 11.6 Å². The summed E-state index contributed by atoms with van der Waals surface area (Å²) in [5, 5.41) is 4.14. The third-order valence-electron chi connectivity index (χ3n) is 3.43. The fourth-order valence-corrected chi connectivity index (χ4v) is 2.45. The van der Waals surface area contributed by atoms with Gasteiger partial charge in [-0.05, 0) is 48.7 Å². The Balaban J connectivity index is 2.27. The van der Waals surface area contributed by atoms with Crippen molar-refractivity contribution in [1.29, 1.82) is 0 Å². The van der Waals surface area contributed by atoms with E-state index < -0.39 is 0 Å². The highest BCUT2D eigenvalue weighted by Crippen LogP contribution is 2.24. The van der Waals surface area contributed by atoms with Crippen LogP contribution in [0.2, 0.25) is 5.02 Å². The van der Waals surface area contributed by atoms with Gasteiger partial charge in [-0.2, -0.15) is 0 Å². The number of aryl methyl sites for hydroxylation is 1. The minimum atomic E-state index is -0.159. The van der Waals surface area contributed by atoms with Crippen LogP contribution in [0.3, 0.4) is 0 Å². The number of hydrogen-bond donors (Lipinski definition) is 1. The quantitative estimate of drug-likeness (QED) is 0.843. The molecular formula is C17H19ClFN. The Labute approximate surface area is 124 Å². The molecule has 0 aliphatic heterocycles. The van der Waals surface area contributed by atoms with Crippen LogP contribution in [0.25, 0.3) is 0 Å². The van der Waals surface area contributed by atoms with Crippen molar-refractivity contribution in [2.75, 3.05) is 6.54 Å². The molecule has 1 nitrogen and oxygen atoms in total. The lowest BCUT2D eigenvalue weighted by Crippen LogP contribution is -2.23. The summed E-state index contributed by atoms with van der Waals surface area (Å²) in [5.41, 5.74) is 2.86. The summed E-state index contributed by atoms with van der Waals surface area (Å²) < 4.78 is 13.8. The zero-order chi connectivity index (χ0) is 14.5. The molecule has 0 saturated heterocycles. The fraction of sp³-hybridized carbons (Fsp3) is 0.294. The van der Waals surface area contributed by atoms with Crippen molar-refractivity contribution in [2.45, 2.75) is 26.3 Å². The number of rotatable bonds is 5. The van der Waals surface area contributed by atoms with E-state index in [1.54, 1.807) is 6.07 Å². The van der Waals surface area contributed by atoms with Crippen molar-refractivity contribution in [3.63, 3.8) is 0 Å². The van der Waals surface area contributed by atoms with Gasteiger partial charge >= 0.3 is 0 Å². The SMILES string of the molecule is CCNC(Cc1ccccc1F)c1ccc(C)c(Cl)c1. The number of likely N-dealkylation sites (N-methyl/N-ethyl adjacent to an activating group) is 1. The summed E-state index contributed by atoms with van der Waals surface area (Å²) in [6.45, 7) is 4.85. The van der Waals surface area contributed by atoms with E-state index in [2.05, 4.69) is 11.4 Å². The van der Waals surface area contributed by atoms with Gasteiger partial charge < -0.3 is 5.32 Å². The summed E-state index contributed by atoms with van der Waals surface area (Å²) in [4.78, 5) is 0. The first-order valence-corrected chi connectivity index (χ1v) is 7.22. The van der Waals surface area contributed by atoms with E-state index in [4.69, 9.17) is 11.6 Å². The Hall–Kier alpha value is -1.38. The molecule has 3 heteroatoms. The molecule has 2 rings (SSSR count). The zero-order valence-electron chi connectivity index (χ0n) is 11.8. The minimum absolute atomic E-state index is 0.0648. The van der Waals surface area contributed by atoms with Crippen molar-refractivity contribution < 1.29 is 4.39 Å². The molecule has 0 amide bonds. The van der Waals surface area contributed by atoms with Crippen molar-refractivity contribution >= 4 is 11.6 Å². The van der Waals surface area contributed by atoms with Crippen molar-refractivity contribution in [1.82, 2.24) is 5.32 Å². The van der Waals surface area contributed by atoms with Crippen molar-refractivity contribution in [2.24, 2.45) is 0 Å².